The molecule has 1 fully saturated rings. The van der Waals surface area contributed by atoms with Crippen LogP contribution in [0.2, 0.25) is 0 Å². The fourth-order valence-electron chi connectivity index (χ4n) is 4.31. The largest absolute Gasteiger partial charge is 0.449 e. The molecule has 0 saturated carbocycles. The Bertz CT molecular complexity index is 1200. The van der Waals surface area contributed by atoms with Crippen molar-refractivity contribution in [2.75, 3.05) is 32.3 Å². The van der Waals surface area contributed by atoms with Crippen LogP contribution in [0.5, 0.6) is 0 Å². The van der Waals surface area contributed by atoms with E-state index in [2.05, 4.69) is 10.1 Å². The lowest BCUT2D eigenvalue weighted by atomic mass is 9.99. The molecule has 2 amide bonds. The van der Waals surface area contributed by atoms with Crippen molar-refractivity contribution in [3.8, 4) is 11.3 Å². The molecule has 0 bridgehead atoms. The van der Waals surface area contributed by atoms with E-state index in [0.717, 1.165) is 17.0 Å². The van der Waals surface area contributed by atoms with E-state index in [1.807, 2.05) is 20.2 Å². The summed E-state index contributed by atoms with van der Waals surface area (Å²) in [5.74, 6) is -0.558. The molecule has 0 spiro atoms. The minimum atomic E-state index is -0.550. The Labute approximate surface area is 203 Å². The van der Waals surface area contributed by atoms with Crippen LogP contribution in [0.3, 0.4) is 0 Å². The number of fused-ring (bicyclic) bond motifs is 1. The maximum atomic E-state index is 13.4. The number of hydroxylamine groups is 2. The molecule has 1 aliphatic rings. The van der Waals surface area contributed by atoms with Crippen LogP contribution in [0.1, 0.15) is 43.7 Å². The highest BCUT2D eigenvalue weighted by atomic mass is 16.7. The Kier molecular flexibility index (Phi) is 7.37. The fraction of sp³-hybridized carbons (Fsp3) is 0.500. The zero-order valence-corrected chi connectivity index (χ0v) is 20.7. The van der Waals surface area contributed by atoms with Gasteiger partial charge in [0.2, 0.25) is 5.76 Å². The van der Waals surface area contributed by atoms with Gasteiger partial charge in [0.1, 0.15) is 5.69 Å². The molecular formula is C24H31N5O6. The van der Waals surface area contributed by atoms with Gasteiger partial charge in [0.15, 0.2) is 5.58 Å². The van der Waals surface area contributed by atoms with E-state index in [0.29, 0.717) is 41.8 Å². The molecule has 188 valence electrons. The number of hydrogen-bond donors (Lipinski definition) is 0. The molecule has 1 aliphatic heterocycles. The minimum absolute atomic E-state index is 0.00253. The van der Waals surface area contributed by atoms with Gasteiger partial charge >= 0.3 is 12.0 Å². The summed E-state index contributed by atoms with van der Waals surface area (Å²) in [6, 6.07) is 1.56. The Morgan fingerprint density at radius 2 is 2.09 bits per heavy atom. The third-order valence-corrected chi connectivity index (χ3v) is 6.17. The van der Waals surface area contributed by atoms with E-state index in [4.69, 9.17) is 18.7 Å². The lowest BCUT2D eigenvalue weighted by molar-refractivity contribution is -0.0772. The van der Waals surface area contributed by atoms with Crippen LogP contribution in [0, 0.1) is 0 Å². The van der Waals surface area contributed by atoms with Crippen LogP contribution >= 0.6 is 0 Å². The van der Waals surface area contributed by atoms with Crippen molar-refractivity contribution in [1.82, 2.24) is 19.8 Å². The number of aromatic nitrogens is 3. The van der Waals surface area contributed by atoms with Gasteiger partial charge in [0.25, 0.3) is 0 Å². The van der Waals surface area contributed by atoms with Crippen LogP contribution < -0.4 is 4.90 Å². The second-order valence-corrected chi connectivity index (χ2v) is 8.38. The third-order valence-electron chi connectivity index (χ3n) is 6.17. The molecule has 0 radical (unpaired) electrons. The van der Waals surface area contributed by atoms with Crippen LogP contribution in [-0.4, -0.2) is 71.3 Å². The fourth-order valence-corrected chi connectivity index (χ4v) is 4.31. The highest BCUT2D eigenvalue weighted by Gasteiger charge is 2.38. The van der Waals surface area contributed by atoms with Gasteiger partial charge < -0.3 is 13.9 Å². The SMILES string of the molecule is CCOC(=O)N(c1c(C(=O)N(C)OC)oc2cnc(-c3cnn(C)c3)cc12)C1CCO[C@@H](CC)C1. The van der Waals surface area contributed by atoms with Crippen molar-refractivity contribution >= 4 is 28.7 Å². The number of anilines is 1. The Morgan fingerprint density at radius 1 is 1.29 bits per heavy atom. The smallest absolute Gasteiger partial charge is 0.414 e. The standard InChI is InChI=1S/C24H31N5O6/c1-6-17-10-16(8-9-34-17)29(24(31)33-7-2)21-18-11-19(15-12-26-27(3)14-15)25-13-20(18)35-22(21)23(30)28(4)32-5/h11-14,16-17H,6-10H2,1-5H3/t16?,17-/m0/s1. The van der Waals surface area contributed by atoms with E-state index in [-0.39, 0.29) is 24.5 Å². The molecule has 0 aromatic carbocycles. The monoisotopic (exact) mass is 485 g/mol. The first-order valence-electron chi connectivity index (χ1n) is 11.7. The molecule has 1 unspecified atom stereocenters. The van der Waals surface area contributed by atoms with Gasteiger partial charge in [-0.25, -0.2) is 9.86 Å². The first-order valence-corrected chi connectivity index (χ1v) is 11.7. The van der Waals surface area contributed by atoms with E-state index >= 15 is 0 Å². The first kappa shape index (κ1) is 24.7. The van der Waals surface area contributed by atoms with E-state index in [1.54, 1.807) is 35.0 Å². The number of amides is 2. The van der Waals surface area contributed by atoms with Gasteiger partial charge in [0, 0.05) is 43.9 Å². The Morgan fingerprint density at radius 3 is 2.74 bits per heavy atom. The van der Waals surface area contributed by atoms with E-state index in [9.17, 15) is 9.59 Å². The number of furan rings is 1. The lowest BCUT2D eigenvalue weighted by Gasteiger charge is -2.36. The number of aryl methyl sites for hydroxylation is 1. The molecule has 0 N–H and O–H groups in total. The number of carbonyl (C=O) groups is 2. The van der Waals surface area contributed by atoms with Gasteiger partial charge in [0.05, 0.1) is 37.9 Å². The average molecular weight is 486 g/mol. The summed E-state index contributed by atoms with van der Waals surface area (Å²) in [6.07, 6.45) is 6.55. The maximum absolute atomic E-state index is 13.4. The summed E-state index contributed by atoms with van der Waals surface area (Å²) < 4.78 is 19.0. The van der Waals surface area contributed by atoms with E-state index in [1.165, 1.54) is 14.2 Å². The number of hydrogen-bond acceptors (Lipinski definition) is 8. The highest BCUT2D eigenvalue weighted by molar-refractivity contribution is 6.11. The van der Waals surface area contributed by atoms with Gasteiger partial charge in [-0.3, -0.25) is 24.2 Å². The molecule has 35 heavy (non-hydrogen) atoms. The van der Waals surface area contributed by atoms with Crippen LogP contribution in [0.4, 0.5) is 10.5 Å². The molecule has 4 rings (SSSR count). The predicted octanol–water partition coefficient (Wildman–Crippen LogP) is 3.78. The summed E-state index contributed by atoms with van der Waals surface area (Å²) in [5.41, 5.74) is 2.13. The summed E-state index contributed by atoms with van der Waals surface area (Å²) >= 11 is 0. The van der Waals surface area contributed by atoms with Crippen molar-refractivity contribution < 1.29 is 28.3 Å². The van der Waals surface area contributed by atoms with Crippen molar-refractivity contribution in [2.45, 2.75) is 45.3 Å². The molecule has 1 saturated heterocycles. The number of rotatable bonds is 7. The predicted molar refractivity (Wildman–Crippen MR) is 128 cm³/mol. The second-order valence-electron chi connectivity index (χ2n) is 8.38. The molecule has 3 aromatic rings. The van der Waals surface area contributed by atoms with Crippen molar-refractivity contribution in [1.29, 1.82) is 0 Å². The molecule has 2 atom stereocenters. The van der Waals surface area contributed by atoms with Crippen molar-refractivity contribution in [2.24, 2.45) is 7.05 Å². The molecule has 0 aliphatic carbocycles. The zero-order chi connectivity index (χ0) is 25.1. The first-order chi connectivity index (χ1) is 16.9. The molecular weight excluding hydrogens is 454 g/mol. The van der Waals surface area contributed by atoms with Gasteiger partial charge in [-0.1, -0.05) is 6.92 Å². The van der Waals surface area contributed by atoms with Crippen LogP contribution in [0.15, 0.2) is 29.1 Å². The number of nitrogens with zero attached hydrogens (tertiary/aromatic N) is 5. The minimum Gasteiger partial charge on any atom is -0.449 e. The topological polar surface area (TPSA) is 112 Å². The van der Waals surface area contributed by atoms with Gasteiger partial charge in [-0.2, -0.15) is 5.10 Å². The van der Waals surface area contributed by atoms with Crippen LogP contribution in [0.25, 0.3) is 22.2 Å². The Balaban J connectivity index is 1.93. The lowest BCUT2D eigenvalue weighted by Crippen LogP contribution is -2.46. The van der Waals surface area contributed by atoms with E-state index < -0.39 is 12.0 Å². The maximum Gasteiger partial charge on any atom is 0.414 e. The average Bonchev–Trinajstić information content (AvgIpc) is 3.47. The second kappa shape index (κ2) is 10.4. The summed E-state index contributed by atoms with van der Waals surface area (Å²) in [4.78, 5) is 37.8. The highest BCUT2D eigenvalue weighted by Crippen LogP contribution is 2.39. The van der Waals surface area contributed by atoms with Crippen LogP contribution in [-0.2, 0) is 21.4 Å². The van der Waals surface area contributed by atoms with Crippen molar-refractivity contribution in [3.63, 3.8) is 0 Å². The number of ether oxygens (including phenoxy) is 2. The zero-order valence-electron chi connectivity index (χ0n) is 20.7. The molecule has 4 heterocycles. The molecule has 11 heteroatoms. The number of pyridine rings is 1. The Hall–Kier alpha value is -3.44. The van der Waals surface area contributed by atoms with Gasteiger partial charge in [-0.15, -0.1) is 0 Å². The quantitative estimate of drug-likeness (QED) is 0.465. The number of carbonyl (C=O) groups excluding carboxylic acids is 2. The molecule has 3 aromatic heterocycles. The summed E-state index contributed by atoms with van der Waals surface area (Å²) in [6.45, 7) is 4.48. The summed E-state index contributed by atoms with van der Waals surface area (Å²) in [7, 11) is 4.69. The van der Waals surface area contributed by atoms with Gasteiger partial charge in [-0.05, 0) is 32.3 Å². The normalized spacial score (nSPS) is 18.0. The summed E-state index contributed by atoms with van der Waals surface area (Å²) in [5, 5.41) is 5.84. The molecule has 11 nitrogen and oxygen atoms in total. The van der Waals surface area contributed by atoms with Crippen molar-refractivity contribution in [3.05, 3.63) is 30.4 Å². The third kappa shape index (κ3) is 4.87.